The van der Waals surface area contributed by atoms with Crippen LogP contribution in [0.2, 0.25) is 0 Å². The van der Waals surface area contributed by atoms with E-state index in [9.17, 15) is 0 Å². The number of benzene rings is 2. The average molecular weight is 375 g/mol. The molecule has 0 aromatic heterocycles. The maximum Gasteiger partial charge on any atom is 0.0976 e. The Morgan fingerprint density at radius 1 is 0.625 bits per heavy atom. The topological polar surface area (TPSA) is 0 Å². The lowest BCUT2D eigenvalue weighted by molar-refractivity contribution is 1.33. The minimum atomic E-state index is -1.16. The van der Waals surface area contributed by atoms with Gasteiger partial charge in [-0.25, -0.2) is 0 Å². The fourth-order valence-electron chi connectivity index (χ4n) is 3.53. The largest absolute Gasteiger partial charge is 0.0976 e. The average Bonchev–Trinajstić information content (AvgIpc) is 2.90. The molecule has 24 heavy (non-hydrogen) atoms. The molecule has 1 aliphatic carbocycles. The van der Waals surface area contributed by atoms with Crippen LogP contribution in [0.5, 0.6) is 0 Å². The molecule has 2 aromatic rings. The first-order valence-corrected chi connectivity index (χ1v) is 11.3. The van der Waals surface area contributed by atoms with Crippen LogP contribution in [0, 0.1) is 27.7 Å². The van der Waals surface area contributed by atoms with Crippen LogP contribution in [0.25, 0.3) is 11.1 Å². The Bertz CT molecular complexity index is 739. The van der Waals surface area contributed by atoms with Crippen LogP contribution in [-0.4, -0.2) is 5.66 Å². The van der Waals surface area contributed by atoms with Gasteiger partial charge in [0.15, 0.2) is 0 Å². The fourth-order valence-corrected chi connectivity index (χ4v) is 5.68. The summed E-state index contributed by atoms with van der Waals surface area (Å²) in [5.74, 6) is 0. The summed E-state index contributed by atoms with van der Waals surface area (Å²) in [6.07, 6.45) is 4.37. The molecule has 0 nitrogen and oxygen atoms in total. The molecule has 0 amide bonds. The van der Waals surface area contributed by atoms with Gasteiger partial charge in [-0.3, -0.25) is 0 Å². The number of rotatable bonds is 3. The van der Waals surface area contributed by atoms with E-state index in [0.717, 1.165) is 0 Å². The molecule has 0 unspecified atom stereocenters. The summed E-state index contributed by atoms with van der Waals surface area (Å²) in [6, 6.07) is 13.3. The van der Waals surface area contributed by atoms with Gasteiger partial charge in [0.25, 0.3) is 0 Å². The van der Waals surface area contributed by atoms with Crippen molar-refractivity contribution in [2.75, 3.05) is 0 Å². The molecule has 0 aliphatic heterocycles. The lowest BCUT2D eigenvalue weighted by atomic mass is 9.94. The molecule has 0 radical (unpaired) electrons. The molecule has 124 valence electrons. The van der Waals surface area contributed by atoms with E-state index in [1.807, 2.05) is 0 Å². The number of hydrogen-bond donors (Lipinski definition) is 0. The first-order chi connectivity index (χ1) is 11.3. The molecule has 0 atom stereocenters. The van der Waals surface area contributed by atoms with Crippen molar-refractivity contribution >= 4 is 40.3 Å². The molecule has 1 aliphatic rings. The van der Waals surface area contributed by atoms with Crippen LogP contribution in [-0.2, 0) is 0 Å². The second-order valence-electron chi connectivity index (χ2n) is 6.66. The van der Waals surface area contributed by atoms with Crippen molar-refractivity contribution < 1.29 is 0 Å². The van der Waals surface area contributed by atoms with Gasteiger partial charge in [0.05, 0.1) is 12.3 Å². The summed E-state index contributed by atoms with van der Waals surface area (Å²) in [5.41, 5.74) is 10.0. The summed E-state index contributed by atoms with van der Waals surface area (Å²) in [7, 11) is 0. The molecule has 0 heterocycles. The molecule has 3 heteroatoms. The minimum Gasteiger partial charge on any atom is -0.0771 e. The van der Waals surface area contributed by atoms with Gasteiger partial charge in [-0.1, -0.05) is 93.3 Å². The third kappa shape index (κ3) is 3.62. The van der Waals surface area contributed by atoms with Gasteiger partial charge >= 0.3 is 0 Å². The first kappa shape index (κ1) is 17.7. The van der Waals surface area contributed by atoms with Gasteiger partial charge in [-0.15, -0.1) is 0 Å². The van der Waals surface area contributed by atoms with Crippen molar-refractivity contribution in [2.45, 2.75) is 33.4 Å². The molecule has 3 rings (SSSR count). The zero-order valence-electron chi connectivity index (χ0n) is 14.4. The summed E-state index contributed by atoms with van der Waals surface area (Å²) < 4.78 is 0. The number of aryl methyl sites for hydroxylation is 4. The fraction of sp³-hybridized carbons (Fsp3) is 0.238. The van der Waals surface area contributed by atoms with Gasteiger partial charge in [0.1, 0.15) is 0 Å². The van der Waals surface area contributed by atoms with Crippen LogP contribution < -0.4 is 0 Å². The van der Waals surface area contributed by atoms with Gasteiger partial charge in [0.2, 0.25) is 0 Å². The first-order valence-electron chi connectivity index (χ1n) is 8.05. The molecule has 0 fully saturated rings. The van der Waals surface area contributed by atoms with E-state index in [-0.39, 0.29) is 5.66 Å². The Morgan fingerprint density at radius 2 is 0.958 bits per heavy atom. The lowest BCUT2D eigenvalue weighted by Crippen LogP contribution is -2.05. The van der Waals surface area contributed by atoms with Gasteiger partial charge < -0.3 is 0 Å². The summed E-state index contributed by atoms with van der Waals surface area (Å²) >= 11 is 13.0. The van der Waals surface area contributed by atoms with E-state index < -0.39 is 6.63 Å². The third-order valence-corrected chi connectivity index (χ3v) is 6.45. The molecular weight excluding hydrogens is 354 g/mol. The predicted octanol–water partition coefficient (Wildman–Crippen LogP) is 7.56. The van der Waals surface area contributed by atoms with Crippen molar-refractivity contribution in [2.24, 2.45) is 0 Å². The molecule has 0 bridgehead atoms. The van der Waals surface area contributed by atoms with Crippen molar-refractivity contribution in [1.29, 1.82) is 0 Å². The smallest absolute Gasteiger partial charge is 0.0771 e. The highest BCUT2D eigenvalue weighted by molar-refractivity contribution is 8.05. The Morgan fingerprint density at radius 3 is 1.25 bits per heavy atom. The highest BCUT2D eigenvalue weighted by Gasteiger charge is 2.31. The molecule has 0 N–H and O–H groups in total. The quantitative estimate of drug-likeness (QED) is 0.486. The van der Waals surface area contributed by atoms with E-state index in [1.165, 1.54) is 44.5 Å². The van der Waals surface area contributed by atoms with E-state index in [2.05, 4.69) is 76.2 Å². The summed E-state index contributed by atoms with van der Waals surface area (Å²) in [4.78, 5) is 0. The summed E-state index contributed by atoms with van der Waals surface area (Å²) in [5, 5.41) is 0. The highest BCUT2D eigenvalue weighted by Crippen LogP contribution is 2.61. The third-order valence-electron chi connectivity index (χ3n) is 4.34. The van der Waals surface area contributed by atoms with E-state index in [4.69, 9.17) is 22.5 Å². The molecule has 0 saturated heterocycles. The highest BCUT2D eigenvalue weighted by atomic mass is 35.9. The van der Waals surface area contributed by atoms with Crippen LogP contribution >= 0.6 is 29.1 Å². The second-order valence-corrected chi connectivity index (χ2v) is 10.4. The number of hydrogen-bond acceptors (Lipinski definition) is 0. The maximum atomic E-state index is 6.48. The zero-order chi connectivity index (χ0) is 17.4. The van der Waals surface area contributed by atoms with E-state index in [1.54, 1.807) is 0 Å². The van der Waals surface area contributed by atoms with Crippen LogP contribution in [0.4, 0.5) is 0 Å². The Kier molecular flexibility index (Phi) is 5.21. The molecule has 2 aromatic carbocycles. The molecular formula is C21H21Cl2P. The van der Waals surface area contributed by atoms with E-state index in [0.29, 0.717) is 0 Å². The Labute approximate surface area is 155 Å². The maximum absolute atomic E-state index is 6.48. The Hall–Kier alpha value is -1.07. The zero-order valence-corrected chi connectivity index (χ0v) is 16.8. The van der Waals surface area contributed by atoms with Crippen molar-refractivity contribution in [3.05, 3.63) is 81.9 Å². The standard InChI is InChI=1S/C21H21Cl2P/c1-13-7-14(2)10-17(9-13)19-5-6-20(21(19)24(22)23)18-11-15(3)8-16(4)12-18/h5-12,21H,1-4H3. The predicted molar refractivity (Wildman–Crippen MR) is 110 cm³/mol. The van der Waals surface area contributed by atoms with Crippen molar-refractivity contribution in [1.82, 2.24) is 0 Å². The van der Waals surface area contributed by atoms with Crippen LogP contribution in [0.1, 0.15) is 33.4 Å². The lowest BCUT2D eigenvalue weighted by Gasteiger charge is -2.22. The van der Waals surface area contributed by atoms with Crippen LogP contribution in [0.15, 0.2) is 48.6 Å². The minimum absolute atomic E-state index is 0.0609. The van der Waals surface area contributed by atoms with E-state index >= 15 is 0 Å². The van der Waals surface area contributed by atoms with Crippen molar-refractivity contribution in [3.8, 4) is 0 Å². The van der Waals surface area contributed by atoms with Gasteiger partial charge in [-0.05, 0) is 50.0 Å². The Balaban J connectivity index is 2.04. The number of allylic oxidation sites excluding steroid dienone is 4. The SMILES string of the molecule is Cc1cc(C)cc(C2=CC=C(c3cc(C)cc(C)c3)C2P(Cl)Cl)c1. The second kappa shape index (κ2) is 7.04. The molecule has 0 spiro atoms. The molecule has 0 saturated carbocycles. The van der Waals surface area contributed by atoms with Crippen LogP contribution in [0.3, 0.4) is 0 Å². The van der Waals surface area contributed by atoms with Gasteiger partial charge in [0, 0.05) is 0 Å². The summed E-state index contributed by atoms with van der Waals surface area (Å²) in [6.45, 7) is 7.36. The normalized spacial score (nSPS) is 15.0. The van der Waals surface area contributed by atoms with Gasteiger partial charge in [-0.2, -0.15) is 0 Å². The monoisotopic (exact) mass is 374 g/mol. The van der Waals surface area contributed by atoms with Crippen molar-refractivity contribution in [3.63, 3.8) is 0 Å². The number of halogens is 2.